The highest BCUT2D eigenvalue weighted by Crippen LogP contribution is 2.25. The Hall–Kier alpha value is -4.20. The third kappa shape index (κ3) is 6.14. The second-order valence-corrected chi connectivity index (χ2v) is 6.75. The van der Waals surface area contributed by atoms with Crippen LogP contribution in [-0.4, -0.2) is 34.2 Å². The van der Waals surface area contributed by atoms with E-state index in [1.165, 1.54) is 13.0 Å². The molecule has 3 aromatic rings. The molecule has 8 nitrogen and oxygen atoms in total. The van der Waals surface area contributed by atoms with E-state index in [0.29, 0.717) is 11.3 Å². The number of benzene rings is 2. The molecule has 3 rings (SSSR count). The van der Waals surface area contributed by atoms with Crippen molar-refractivity contribution >= 4 is 23.9 Å². The minimum absolute atomic E-state index is 0.432. The first-order valence-corrected chi connectivity index (χ1v) is 9.55. The quantitative estimate of drug-likeness (QED) is 0.364. The topological polar surface area (TPSA) is 102 Å². The van der Waals surface area contributed by atoms with E-state index in [9.17, 15) is 14.4 Å². The first-order chi connectivity index (χ1) is 14.9. The van der Waals surface area contributed by atoms with E-state index in [1.54, 1.807) is 10.8 Å². The highest BCUT2D eigenvalue weighted by atomic mass is 16.5. The molecule has 0 saturated carbocycles. The lowest BCUT2D eigenvalue weighted by Gasteiger charge is -2.04. The number of esters is 1. The van der Waals surface area contributed by atoms with Gasteiger partial charge >= 0.3 is 5.97 Å². The Balaban J connectivity index is 1.78. The number of hydrazine groups is 1. The molecular weight excluding hydrogens is 396 g/mol. The molecule has 0 bridgehead atoms. The highest BCUT2D eigenvalue weighted by molar-refractivity contribution is 5.90. The Morgan fingerprint density at radius 1 is 1.03 bits per heavy atom. The van der Waals surface area contributed by atoms with Crippen LogP contribution in [0.4, 0.5) is 0 Å². The fourth-order valence-corrected chi connectivity index (χ4v) is 2.69. The van der Waals surface area contributed by atoms with Gasteiger partial charge in [0.05, 0.1) is 11.4 Å². The molecule has 0 fully saturated rings. The molecule has 2 aromatic carbocycles. The molecule has 0 aliphatic rings. The number of para-hydroxylation sites is 1. The summed E-state index contributed by atoms with van der Waals surface area (Å²) in [6.45, 7) is 2.74. The van der Waals surface area contributed by atoms with Crippen molar-refractivity contribution in [2.45, 2.75) is 13.8 Å². The molecule has 2 amide bonds. The Morgan fingerprint density at radius 3 is 2.42 bits per heavy atom. The Bertz CT molecular complexity index is 1100. The number of nitrogens with one attached hydrogen (secondary N) is 2. The molecule has 0 unspecified atom stereocenters. The number of amides is 2. The minimum Gasteiger partial charge on any atom is -0.452 e. The van der Waals surface area contributed by atoms with Crippen molar-refractivity contribution in [1.29, 1.82) is 0 Å². The van der Waals surface area contributed by atoms with E-state index in [4.69, 9.17) is 4.74 Å². The maximum absolute atomic E-state index is 12.0. The number of aryl methyl sites for hydroxylation is 1. The van der Waals surface area contributed by atoms with Crippen molar-refractivity contribution in [3.8, 4) is 16.9 Å². The third-order valence-corrected chi connectivity index (χ3v) is 4.21. The predicted molar refractivity (Wildman–Crippen MR) is 116 cm³/mol. The summed E-state index contributed by atoms with van der Waals surface area (Å²) in [6.07, 6.45) is 4.64. The van der Waals surface area contributed by atoms with E-state index in [-0.39, 0.29) is 0 Å². The lowest BCUT2D eigenvalue weighted by molar-refractivity contribution is -0.144. The van der Waals surface area contributed by atoms with Gasteiger partial charge in [-0.3, -0.25) is 20.4 Å². The molecular formula is C23H22N4O4. The van der Waals surface area contributed by atoms with Crippen molar-refractivity contribution in [3.63, 3.8) is 0 Å². The van der Waals surface area contributed by atoms with Gasteiger partial charge in [0.1, 0.15) is 0 Å². The SMILES string of the molecule is CC(=O)NNC(=O)COC(=O)/C=C/c1cn(-c2ccccc2)nc1-c1ccc(C)cc1. The molecule has 0 spiro atoms. The van der Waals surface area contributed by atoms with Crippen LogP contribution in [0.3, 0.4) is 0 Å². The molecule has 1 heterocycles. The van der Waals surface area contributed by atoms with Gasteiger partial charge in [0.25, 0.3) is 5.91 Å². The van der Waals surface area contributed by atoms with Crippen molar-refractivity contribution in [2.24, 2.45) is 0 Å². The molecule has 0 aliphatic heterocycles. The summed E-state index contributed by atoms with van der Waals surface area (Å²) in [7, 11) is 0. The average molecular weight is 418 g/mol. The number of carbonyl (C=O) groups excluding carboxylic acids is 3. The molecule has 158 valence electrons. The Kier molecular flexibility index (Phi) is 6.95. The maximum Gasteiger partial charge on any atom is 0.331 e. The monoisotopic (exact) mass is 418 g/mol. The average Bonchev–Trinajstić information content (AvgIpc) is 3.20. The number of ether oxygens (including phenoxy) is 1. The number of aromatic nitrogens is 2. The predicted octanol–water partition coefficient (Wildman–Crippen LogP) is 2.57. The van der Waals surface area contributed by atoms with Gasteiger partial charge < -0.3 is 4.74 Å². The highest BCUT2D eigenvalue weighted by Gasteiger charge is 2.11. The molecule has 0 atom stereocenters. The first-order valence-electron chi connectivity index (χ1n) is 9.55. The Morgan fingerprint density at radius 2 is 1.74 bits per heavy atom. The molecule has 2 N–H and O–H groups in total. The Labute approximate surface area is 179 Å². The number of hydrogen-bond acceptors (Lipinski definition) is 5. The molecule has 0 saturated heterocycles. The van der Waals surface area contributed by atoms with Crippen molar-refractivity contribution in [2.75, 3.05) is 6.61 Å². The van der Waals surface area contributed by atoms with Crippen LogP contribution in [0, 0.1) is 6.92 Å². The fraction of sp³-hybridized carbons (Fsp3) is 0.130. The van der Waals surface area contributed by atoms with Gasteiger partial charge in [-0.05, 0) is 25.1 Å². The number of hydrogen-bond donors (Lipinski definition) is 2. The van der Waals surface area contributed by atoms with Gasteiger partial charge in [-0.1, -0.05) is 48.0 Å². The summed E-state index contributed by atoms with van der Waals surface area (Å²) in [6, 6.07) is 17.5. The van der Waals surface area contributed by atoms with E-state index < -0.39 is 24.4 Å². The molecule has 31 heavy (non-hydrogen) atoms. The molecule has 1 aromatic heterocycles. The van der Waals surface area contributed by atoms with E-state index >= 15 is 0 Å². The van der Waals surface area contributed by atoms with Crippen LogP contribution in [0.1, 0.15) is 18.1 Å². The second kappa shape index (κ2) is 10.0. The van der Waals surface area contributed by atoms with Crippen LogP contribution in [0.15, 0.2) is 66.9 Å². The fourth-order valence-electron chi connectivity index (χ4n) is 2.69. The smallest absolute Gasteiger partial charge is 0.331 e. The van der Waals surface area contributed by atoms with Crippen LogP contribution in [0.25, 0.3) is 23.0 Å². The van der Waals surface area contributed by atoms with E-state index in [2.05, 4.69) is 16.0 Å². The maximum atomic E-state index is 12.0. The number of rotatable bonds is 6. The largest absolute Gasteiger partial charge is 0.452 e. The normalized spacial score (nSPS) is 10.6. The number of carbonyl (C=O) groups is 3. The zero-order valence-corrected chi connectivity index (χ0v) is 17.2. The summed E-state index contributed by atoms with van der Waals surface area (Å²) < 4.78 is 6.63. The molecule has 8 heteroatoms. The van der Waals surface area contributed by atoms with Gasteiger partial charge in [-0.2, -0.15) is 5.10 Å². The van der Waals surface area contributed by atoms with E-state index in [1.807, 2.05) is 67.7 Å². The van der Waals surface area contributed by atoms with Crippen LogP contribution < -0.4 is 10.9 Å². The zero-order chi connectivity index (χ0) is 22.2. The lowest BCUT2D eigenvalue weighted by Crippen LogP contribution is -2.42. The standard InChI is InChI=1S/C23H22N4O4/c1-16-8-10-18(11-9-16)23-19(14-27(26-23)20-6-4-3-5-7-20)12-13-22(30)31-15-21(29)25-24-17(2)28/h3-14H,15H2,1-2H3,(H,24,28)(H,25,29)/b13-12+. The minimum atomic E-state index is -0.694. The van der Waals surface area contributed by atoms with Gasteiger partial charge in [-0.15, -0.1) is 0 Å². The van der Waals surface area contributed by atoms with Crippen LogP contribution in [-0.2, 0) is 19.1 Å². The lowest BCUT2D eigenvalue weighted by atomic mass is 10.1. The summed E-state index contributed by atoms with van der Waals surface area (Å²) in [4.78, 5) is 34.3. The summed E-state index contributed by atoms with van der Waals surface area (Å²) in [5.74, 6) is -1.77. The van der Waals surface area contributed by atoms with Crippen LogP contribution >= 0.6 is 0 Å². The van der Waals surface area contributed by atoms with E-state index in [0.717, 1.165) is 16.8 Å². The van der Waals surface area contributed by atoms with Crippen molar-refractivity contribution in [1.82, 2.24) is 20.6 Å². The summed E-state index contributed by atoms with van der Waals surface area (Å²) >= 11 is 0. The molecule has 0 radical (unpaired) electrons. The van der Waals surface area contributed by atoms with Crippen molar-refractivity contribution < 1.29 is 19.1 Å². The second-order valence-electron chi connectivity index (χ2n) is 6.75. The van der Waals surface area contributed by atoms with Crippen LogP contribution in [0.2, 0.25) is 0 Å². The third-order valence-electron chi connectivity index (χ3n) is 4.21. The zero-order valence-electron chi connectivity index (χ0n) is 17.2. The van der Waals surface area contributed by atoms with Crippen LogP contribution in [0.5, 0.6) is 0 Å². The summed E-state index contributed by atoms with van der Waals surface area (Å²) in [5, 5.41) is 4.68. The van der Waals surface area contributed by atoms with Gasteiger partial charge in [0.2, 0.25) is 5.91 Å². The molecule has 0 aliphatic carbocycles. The van der Waals surface area contributed by atoms with Gasteiger partial charge in [0.15, 0.2) is 6.61 Å². The van der Waals surface area contributed by atoms with Crippen molar-refractivity contribution in [3.05, 3.63) is 78.0 Å². The summed E-state index contributed by atoms with van der Waals surface area (Å²) in [5.41, 5.74) is 8.57. The number of nitrogens with zero attached hydrogens (tertiary/aromatic N) is 2. The van der Waals surface area contributed by atoms with Gasteiger partial charge in [0, 0.05) is 30.3 Å². The first kappa shape index (κ1) is 21.5. The van der Waals surface area contributed by atoms with Gasteiger partial charge in [-0.25, -0.2) is 9.48 Å².